The topological polar surface area (TPSA) is 40.6 Å². The Morgan fingerprint density at radius 1 is 1.00 bits per heavy atom. The summed E-state index contributed by atoms with van der Waals surface area (Å²) in [7, 11) is 2.00. The molecule has 4 rings (SSSR count). The maximum absolute atomic E-state index is 13.1. The van der Waals surface area contributed by atoms with Crippen molar-refractivity contribution in [2.75, 3.05) is 20.1 Å². The average molecular weight is 445 g/mol. The SMILES string of the molecule is Cc1ccccc1C[C@@H](C1CCN(C(=O)/C=C/c2ccccc2)CC1)N(C)C(=O)C1CCC1. The summed E-state index contributed by atoms with van der Waals surface area (Å²) in [4.78, 5) is 29.9. The van der Waals surface area contributed by atoms with Crippen molar-refractivity contribution in [2.45, 2.75) is 51.5 Å². The van der Waals surface area contributed by atoms with Gasteiger partial charge in [0.1, 0.15) is 0 Å². The van der Waals surface area contributed by atoms with Crippen molar-refractivity contribution in [1.82, 2.24) is 9.80 Å². The highest BCUT2D eigenvalue weighted by Crippen LogP contribution is 2.32. The van der Waals surface area contributed by atoms with E-state index in [1.165, 1.54) is 17.5 Å². The minimum absolute atomic E-state index is 0.0756. The normalized spacial score (nSPS) is 18.2. The highest BCUT2D eigenvalue weighted by atomic mass is 16.2. The smallest absolute Gasteiger partial charge is 0.246 e. The molecule has 1 saturated heterocycles. The van der Waals surface area contributed by atoms with Crippen LogP contribution in [0.5, 0.6) is 0 Å². The average Bonchev–Trinajstić information content (AvgIpc) is 2.81. The van der Waals surface area contributed by atoms with Gasteiger partial charge in [-0.25, -0.2) is 0 Å². The molecule has 1 aliphatic heterocycles. The zero-order valence-electron chi connectivity index (χ0n) is 20.0. The molecule has 0 unspecified atom stereocenters. The van der Waals surface area contributed by atoms with E-state index < -0.39 is 0 Å². The number of carbonyl (C=O) groups excluding carboxylic acids is 2. The van der Waals surface area contributed by atoms with E-state index >= 15 is 0 Å². The van der Waals surface area contributed by atoms with E-state index in [9.17, 15) is 9.59 Å². The Balaban J connectivity index is 1.42. The van der Waals surface area contributed by atoms with Gasteiger partial charge < -0.3 is 9.80 Å². The van der Waals surface area contributed by atoms with Crippen LogP contribution in [0.1, 0.15) is 48.8 Å². The zero-order valence-corrected chi connectivity index (χ0v) is 20.0. The van der Waals surface area contributed by atoms with E-state index in [0.29, 0.717) is 11.8 Å². The van der Waals surface area contributed by atoms with E-state index in [0.717, 1.165) is 50.8 Å². The fraction of sp³-hybridized carbons (Fsp3) is 0.448. The van der Waals surface area contributed by atoms with Crippen LogP contribution in [0.3, 0.4) is 0 Å². The molecular formula is C29H36N2O2. The summed E-state index contributed by atoms with van der Waals surface area (Å²) in [6.07, 6.45) is 9.56. The zero-order chi connectivity index (χ0) is 23.2. The number of piperidine rings is 1. The second-order valence-corrected chi connectivity index (χ2v) is 9.68. The molecule has 2 aromatic rings. The van der Waals surface area contributed by atoms with Crippen molar-refractivity contribution in [3.63, 3.8) is 0 Å². The first kappa shape index (κ1) is 23.3. The molecule has 2 aliphatic rings. The highest BCUT2D eigenvalue weighted by molar-refractivity contribution is 5.91. The number of carbonyl (C=O) groups is 2. The molecule has 4 nitrogen and oxygen atoms in total. The van der Waals surface area contributed by atoms with E-state index in [-0.39, 0.29) is 17.9 Å². The molecule has 4 heteroatoms. The molecule has 0 radical (unpaired) electrons. The Bertz CT molecular complexity index is 972. The fourth-order valence-electron chi connectivity index (χ4n) is 5.13. The first-order valence-electron chi connectivity index (χ1n) is 12.4. The summed E-state index contributed by atoms with van der Waals surface area (Å²) < 4.78 is 0. The third kappa shape index (κ3) is 5.73. The van der Waals surface area contributed by atoms with Crippen LogP contribution in [0.4, 0.5) is 0 Å². The van der Waals surface area contributed by atoms with Crippen molar-refractivity contribution < 1.29 is 9.59 Å². The molecule has 1 aliphatic carbocycles. The Labute approximate surface area is 198 Å². The third-order valence-corrected chi connectivity index (χ3v) is 7.60. The minimum Gasteiger partial charge on any atom is -0.342 e. The maximum Gasteiger partial charge on any atom is 0.246 e. The Morgan fingerprint density at radius 3 is 2.30 bits per heavy atom. The van der Waals surface area contributed by atoms with E-state index in [1.807, 2.05) is 53.3 Å². The first-order valence-corrected chi connectivity index (χ1v) is 12.4. The number of amides is 2. The number of aryl methyl sites for hydroxylation is 1. The maximum atomic E-state index is 13.1. The van der Waals surface area contributed by atoms with Gasteiger partial charge in [-0.2, -0.15) is 0 Å². The predicted octanol–water partition coefficient (Wildman–Crippen LogP) is 5.12. The largest absolute Gasteiger partial charge is 0.342 e. The molecule has 2 aromatic carbocycles. The standard InChI is InChI=1S/C29H36N2O2/c1-22-9-6-7-12-26(22)21-27(30(2)29(33)25-13-8-14-25)24-17-19-31(20-18-24)28(32)16-15-23-10-4-3-5-11-23/h3-7,9-12,15-16,24-25,27H,8,13-14,17-21H2,1-2H3/b16-15+/t27-/m0/s1. The lowest BCUT2D eigenvalue weighted by atomic mass is 9.81. The number of hydrogen-bond acceptors (Lipinski definition) is 2. The van der Waals surface area contributed by atoms with Gasteiger partial charge in [0.25, 0.3) is 0 Å². The van der Waals surface area contributed by atoms with Gasteiger partial charge in [-0.3, -0.25) is 9.59 Å². The fourth-order valence-corrected chi connectivity index (χ4v) is 5.13. The molecule has 33 heavy (non-hydrogen) atoms. The van der Waals surface area contributed by atoms with E-state index in [4.69, 9.17) is 0 Å². The molecule has 1 heterocycles. The first-order chi connectivity index (χ1) is 16.0. The highest BCUT2D eigenvalue weighted by Gasteiger charge is 2.36. The van der Waals surface area contributed by atoms with Gasteiger partial charge in [0.2, 0.25) is 11.8 Å². The van der Waals surface area contributed by atoms with Gasteiger partial charge in [0.05, 0.1) is 0 Å². The van der Waals surface area contributed by atoms with Crippen molar-refractivity contribution in [2.24, 2.45) is 11.8 Å². The van der Waals surface area contributed by atoms with Crippen LogP contribution in [-0.4, -0.2) is 47.8 Å². The minimum atomic E-state index is 0.0756. The van der Waals surface area contributed by atoms with Crippen LogP contribution in [0.2, 0.25) is 0 Å². The summed E-state index contributed by atoms with van der Waals surface area (Å²) in [6, 6.07) is 18.6. The molecule has 1 saturated carbocycles. The number of nitrogens with zero attached hydrogens (tertiary/aromatic N) is 2. The number of likely N-dealkylation sites (tertiary alicyclic amines) is 1. The molecule has 2 fully saturated rings. The van der Waals surface area contributed by atoms with Crippen LogP contribution in [0.25, 0.3) is 6.08 Å². The number of likely N-dealkylation sites (N-methyl/N-ethyl adjacent to an activating group) is 1. The second-order valence-electron chi connectivity index (χ2n) is 9.68. The van der Waals surface area contributed by atoms with Gasteiger partial charge in [-0.15, -0.1) is 0 Å². The van der Waals surface area contributed by atoms with E-state index in [1.54, 1.807) is 6.08 Å². The lowest BCUT2D eigenvalue weighted by molar-refractivity contribution is -0.141. The predicted molar refractivity (Wildman–Crippen MR) is 134 cm³/mol. The summed E-state index contributed by atoms with van der Waals surface area (Å²) >= 11 is 0. The Kier molecular flexibility index (Phi) is 7.64. The van der Waals surface area contributed by atoms with Crippen LogP contribution >= 0.6 is 0 Å². The van der Waals surface area contributed by atoms with Crippen LogP contribution in [0.15, 0.2) is 60.7 Å². The number of rotatable bonds is 7. The summed E-state index contributed by atoms with van der Waals surface area (Å²) in [5.74, 6) is 0.996. The van der Waals surface area contributed by atoms with Crippen LogP contribution in [-0.2, 0) is 16.0 Å². The molecule has 0 spiro atoms. The van der Waals surface area contributed by atoms with Gasteiger partial charge >= 0.3 is 0 Å². The van der Waals surface area contributed by atoms with Crippen molar-refractivity contribution in [1.29, 1.82) is 0 Å². The second kappa shape index (κ2) is 10.8. The summed E-state index contributed by atoms with van der Waals surface area (Å²) in [6.45, 7) is 3.65. The van der Waals surface area contributed by atoms with E-state index in [2.05, 4.69) is 31.2 Å². The number of hydrogen-bond donors (Lipinski definition) is 0. The van der Waals surface area contributed by atoms with Crippen molar-refractivity contribution in [3.8, 4) is 0 Å². The number of benzene rings is 2. The summed E-state index contributed by atoms with van der Waals surface area (Å²) in [5.41, 5.74) is 3.64. The Morgan fingerprint density at radius 2 is 1.67 bits per heavy atom. The molecule has 2 amide bonds. The van der Waals surface area contributed by atoms with Crippen molar-refractivity contribution >= 4 is 17.9 Å². The van der Waals surface area contributed by atoms with Gasteiger partial charge in [0.15, 0.2) is 0 Å². The molecule has 1 atom stereocenters. The molecule has 0 bridgehead atoms. The third-order valence-electron chi connectivity index (χ3n) is 7.60. The molecule has 174 valence electrons. The summed E-state index contributed by atoms with van der Waals surface area (Å²) in [5, 5.41) is 0. The van der Waals surface area contributed by atoms with Gasteiger partial charge in [-0.05, 0) is 67.7 Å². The lowest BCUT2D eigenvalue weighted by Crippen LogP contribution is -2.50. The Hall–Kier alpha value is -2.88. The van der Waals surface area contributed by atoms with Gasteiger partial charge in [0, 0.05) is 38.2 Å². The van der Waals surface area contributed by atoms with Crippen LogP contribution in [0, 0.1) is 18.8 Å². The van der Waals surface area contributed by atoms with Crippen LogP contribution < -0.4 is 0 Å². The molecule has 0 N–H and O–H groups in total. The monoisotopic (exact) mass is 444 g/mol. The molecular weight excluding hydrogens is 408 g/mol. The van der Waals surface area contributed by atoms with Crippen molar-refractivity contribution in [3.05, 3.63) is 77.4 Å². The lowest BCUT2D eigenvalue weighted by Gasteiger charge is -2.42. The molecule has 0 aromatic heterocycles. The van der Waals surface area contributed by atoms with Gasteiger partial charge in [-0.1, -0.05) is 61.0 Å². The quantitative estimate of drug-likeness (QED) is 0.557.